The Bertz CT molecular complexity index is 415. The monoisotopic (exact) mass is 251 g/mol. The first-order chi connectivity index (χ1) is 8.60. The maximum atomic E-state index is 13.9. The van der Waals surface area contributed by atoms with Gasteiger partial charge in [-0.3, -0.25) is 0 Å². The summed E-state index contributed by atoms with van der Waals surface area (Å²) in [6.45, 7) is 7.76. The Hall–Kier alpha value is -0.930. The van der Waals surface area contributed by atoms with E-state index in [4.69, 9.17) is 4.74 Å². The number of hydrogen-bond acceptors (Lipinski definition) is 2. The summed E-state index contributed by atoms with van der Waals surface area (Å²) in [6.07, 6.45) is 1.71. The number of ether oxygens (including phenoxy) is 1. The molecule has 1 N–H and O–H groups in total. The average Bonchev–Trinajstić information content (AvgIpc) is 2.41. The molecule has 0 saturated carbocycles. The minimum atomic E-state index is -0.182. The van der Waals surface area contributed by atoms with E-state index < -0.39 is 0 Å². The molecule has 1 aromatic rings. The zero-order valence-corrected chi connectivity index (χ0v) is 11.4. The van der Waals surface area contributed by atoms with Gasteiger partial charge in [-0.15, -0.1) is 0 Å². The number of rotatable bonds is 3. The maximum Gasteiger partial charge on any atom is 0.129 e. The summed E-state index contributed by atoms with van der Waals surface area (Å²) in [7, 11) is 0. The van der Waals surface area contributed by atoms with Crippen molar-refractivity contribution >= 4 is 0 Å². The van der Waals surface area contributed by atoms with Crippen molar-refractivity contribution in [1.29, 1.82) is 0 Å². The lowest BCUT2D eigenvalue weighted by Crippen LogP contribution is -2.50. The highest BCUT2D eigenvalue weighted by Crippen LogP contribution is 2.33. The van der Waals surface area contributed by atoms with Crippen LogP contribution in [0.2, 0.25) is 0 Å². The third-order valence-electron chi connectivity index (χ3n) is 3.96. The van der Waals surface area contributed by atoms with Crippen molar-refractivity contribution in [3.05, 3.63) is 35.1 Å². The standard InChI is InChI=1S/C15H22FNO/c1-4-15(5-2)10-17-9-14(18-15)12-8-11(3)6-7-13(12)16/h6-8,14,17H,4-5,9-10H2,1-3H3. The molecule has 1 atom stereocenters. The molecule has 2 nitrogen and oxygen atoms in total. The molecule has 1 unspecified atom stereocenters. The van der Waals surface area contributed by atoms with E-state index in [1.54, 1.807) is 6.07 Å². The Morgan fingerprint density at radius 1 is 1.39 bits per heavy atom. The van der Waals surface area contributed by atoms with Crippen molar-refractivity contribution in [3.63, 3.8) is 0 Å². The molecule has 1 aliphatic heterocycles. The molecule has 0 radical (unpaired) electrons. The molecule has 1 saturated heterocycles. The second-order valence-corrected chi connectivity index (χ2v) is 5.15. The predicted octanol–water partition coefficient (Wildman–Crippen LogP) is 3.35. The van der Waals surface area contributed by atoms with Crippen molar-refractivity contribution < 1.29 is 9.13 Å². The van der Waals surface area contributed by atoms with Crippen LogP contribution < -0.4 is 5.32 Å². The van der Waals surface area contributed by atoms with Gasteiger partial charge in [0.05, 0.1) is 11.7 Å². The van der Waals surface area contributed by atoms with Gasteiger partial charge in [0.2, 0.25) is 0 Å². The molecular weight excluding hydrogens is 229 g/mol. The SMILES string of the molecule is CCC1(CC)CNCC(c2cc(C)ccc2F)O1. The van der Waals surface area contributed by atoms with E-state index in [0.717, 1.165) is 24.9 Å². The van der Waals surface area contributed by atoms with E-state index in [1.165, 1.54) is 6.07 Å². The largest absolute Gasteiger partial charge is 0.364 e. The molecule has 1 fully saturated rings. The van der Waals surface area contributed by atoms with Crippen LogP contribution in [0.4, 0.5) is 4.39 Å². The second kappa shape index (κ2) is 5.37. The van der Waals surface area contributed by atoms with Crippen molar-refractivity contribution in [3.8, 4) is 0 Å². The lowest BCUT2D eigenvalue weighted by Gasteiger charge is -2.41. The van der Waals surface area contributed by atoms with E-state index >= 15 is 0 Å². The molecule has 0 spiro atoms. The molecule has 18 heavy (non-hydrogen) atoms. The normalized spacial score (nSPS) is 23.0. The van der Waals surface area contributed by atoms with Crippen LogP contribution in [-0.4, -0.2) is 18.7 Å². The molecular formula is C15H22FNO. The molecule has 0 amide bonds. The molecule has 1 aromatic carbocycles. The number of nitrogens with one attached hydrogen (secondary N) is 1. The maximum absolute atomic E-state index is 13.9. The Balaban J connectivity index is 2.25. The summed E-state index contributed by atoms with van der Waals surface area (Å²) in [4.78, 5) is 0. The Morgan fingerprint density at radius 2 is 2.11 bits per heavy atom. The molecule has 0 aromatic heterocycles. The zero-order chi connectivity index (χ0) is 13.2. The predicted molar refractivity (Wildman–Crippen MR) is 71.1 cm³/mol. The van der Waals surface area contributed by atoms with Crippen LogP contribution in [0.15, 0.2) is 18.2 Å². The summed E-state index contributed by atoms with van der Waals surface area (Å²) in [5.74, 6) is -0.171. The van der Waals surface area contributed by atoms with Crippen LogP contribution in [0, 0.1) is 12.7 Å². The average molecular weight is 251 g/mol. The number of morpholine rings is 1. The van der Waals surface area contributed by atoms with Gasteiger partial charge < -0.3 is 10.1 Å². The van der Waals surface area contributed by atoms with Gasteiger partial charge in [0.25, 0.3) is 0 Å². The molecule has 100 valence electrons. The van der Waals surface area contributed by atoms with E-state index in [9.17, 15) is 4.39 Å². The van der Waals surface area contributed by atoms with Crippen LogP contribution >= 0.6 is 0 Å². The fourth-order valence-electron chi connectivity index (χ4n) is 2.57. The van der Waals surface area contributed by atoms with Gasteiger partial charge in [-0.05, 0) is 25.8 Å². The Labute approximate surface area is 109 Å². The smallest absolute Gasteiger partial charge is 0.129 e. The van der Waals surface area contributed by atoms with Crippen LogP contribution in [-0.2, 0) is 4.74 Å². The number of halogens is 1. The lowest BCUT2D eigenvalue weighted by molar-refractivity contribution is -0.123. The summed E-state index contributed by atoms with van der Waals surface area (Å²) in [6, 6.07) is 5.22. The Morgan fingerprint density at radius 3 is 2.78 bits per heavy atom. The highest BCUT2D eigenvalue weighted by atomic mass is 19.1. The number of hydrogen-bond donors (Lipinski definition) is 1. The summed E-state index contributed by atoms with van der Waals surface area (Å²) in [5, 5.41) is 3.38. The molecule has 1 aliphatic rings. The summed E-state index contributed by atoms with van der Waals surface area (Å²) in [5.41, 5.74) is 1.59. The van der Waals surface area contributed by atoms with E-state index in [2.05, 4.69) is 19.2 Å². The summed E-state index contributed by atoms with van der Waals surface area (Å²) < 4.78 is 20.1. The topological polar surface area (TPSA) is 21.3 Å². The summed E-state index contributed by atoms with van der Waals surface area (Å²) >= 11 is 0. The van der Waals surface area contributed by atoms with Gasteiger partial charge in [-0.1, -0.05) is 31.5 Å². The van der Waals surface area contributed by atoms with Crippen molar-refractivity contribution in [1.82, 2.24) is 5.32 Å². The molecule has 1 heterocycles. The number of aryl methyl sites for hydroxylation is 1. The third kappa shape index (κ3) is 2.57. The highest BCUT2D eigenvalue weighted by Gasteiger charge is 2.35. The fraction of sp³-hybridized carbons (Fsp3) is 0.600. The van der Waals surface area contributed by atoms with Crippen molar-refractivity contribution in [2.75, 3.05) is 13.1 Å². The van der Waals surface area contributed by atoms with Gasteiger partial charge in [0.15, 0.2) is 0 Å². The van der Waals surface area contributed by atoms with Gasteiger partial charge in [-0.2, -0.15) is 0 Å². The van der Waals surface area contributed by atoms with Crippen LogP contribution in [0.25, 0.3) is 0 Å². The molecule has 3 heteroatoms. The van der Waals surface area contributed by atoms with Gasteiger partial charge >= 0.3 is 0 Å². The quantitative estimate of drug-likeness (QED) is 0.889. The Kier molecular flexibility index (Phi) is 4.03. The lowest BCUT2D eigenvalue weighted by atomic mass is 9.93. The van der Waals surface area contributed by atoms with E-state index in [0.29, 0.717) is 12.1 Å². The zero-order valence-electron chi connectivity index (χ0n) is 11.4. The fourth-order valence-corrected chi connectivity index (χ4v) is 2.57. The molecule has 2 rings (SSSR count). The van der Waals surface area contributed by atoms with Crippen LogP contribution in [0.5, 0.6) is 0 Å². The highest BCUT2D eigenvalue weighted by molar-refractivity contribution is 5.26. The van der Waals surface area contributed by atoms with E-state index in [1.807, 2.05) is 13.0 Å². The molecule has 0 aliphatic carbocycles. The minimum Gasteiger partial charge on any atom is -0.364 e. The van der Waals surface area contributed by atoms with Crippen molar-refractivity contribution in [2.24, 2.45) is 0 Å². The number of benzene rings is 1. The second-order valence-electron chi connectivity index (χ2n) is 5.15. The van der Waals surface area contributed by atoms with Gasteiger partial charge in [0, 0.05) is 18.7 Å². The van der Waals surface area contributed by atoms with Gasteiger partial charge in [0.1, 0.15) is 5.82 Å². The third-order valence-corrected chi connectivity index (χ3v) is 3.96. The van der Waals surface area contributed by atoms with Crippen LogP contribution in [0.1, 0.15) is 43.9 Å². The van der Waals surface area contributed by atoms with Crippen LogP contribution in [0.3, 0.4) is 0 Å². The van der Waals surface area contributed by atoms with Crippen molar-refractivity contribution in [2.45, 2.75) is 45.3 Å². The molecule has 0 bridgehead atoms. The van der Waals surface area contributed by atoms with E-state index in [-0.39, 0.29) is 17.5 Å². The minimum absolute atomic E-state index is 0.154. The first kappa shape index (κ1) is 13.5. The first-order valence-corrected chi connectivity index (χ1v) is 6.75. The van der Waals surface area contributed by atoms with Gasteiger partial charge in [-0.25, -0.2) is 4.39 Å². The first-order valence-electron chi connectivity index (χ1n) is 6.75.